The zero-order valence-electron chi connectivity index (χ0n) is 10.4. The molecule has 0 aliphatic carbocycles. The summed E-state index contributed by atoms with van der Waals surface area (Å²) in [5.41, 5.74) is 1.12. The summed E-state index contributed by atoms with van der Waals surface area (Å²) in [7, 11) is 0. The smallest absolute Gasteiger partial charge is 0.339 e. The summed E-state index contributed by atoms with van der Waals surface area (Å²) >= 11 is 0. The average molecular weight is 260 g/mol. The van der Waals surface area contributed by atoms with Crippen LogP contribution in [-0.2, 0) is 4.74 Å². The predicted octanol–water partition coefficient (Wildman–Crippen LogP) is 3.14. The standard InChI is InChI=1S/C14H13FN2O2/c1-2-19-14(18)10-3-8-13(16-9-10)17-12-6-4-11(15)5-7-12/h3-9H,2H2,1H3,(H,16,17). The van der Waals surface area contributed by atoms with E-state index in [-0.39, 0.29) is 5.82 Å². The van der Waals surface area contributed by atoms with Crippen molar-refractivity contribution in [1.29, 1.82) is 0 Å². The molecule has 1 N–H and O–H groups in total. The zero-order chi connectivity index (χ0) is 13.7. The molecule has 0 unspecified atom stereocenters. The van der Waals surface area contributed by atoms with Gasteiger partial charge in [0, 0.05) is 11.9 Å². The number of pyridine rings is 1. The highest BCUT2D eigenvalue weighted by molar-refractivity contribution is 5.89. The quantitative estimate of drug-likeness (QED) is 0.858. The number of nitrogens with zero attached hydrogens (tertiary/aromatic N) is 1. The van der Waals surface area contributed by atoms with Crippen molar-refractivity contribution < 1.29 is 13.9 Å². The number of esters is 1. The molecule has 5 heteroatoms. The molecule has 2 aromatic rings. The molecule has 0 aliphatic rings. The second kappa shape index (κ2) is 5.95. The highest BCUT2D eigenvalue weighted by Gasteiger charge is 2.06. The average Bonchev–Trinajstić information content (AvgIpc) is 2.42. The van der Waals surface area contributed by atoms with Gasteiger partial charge >= 0.3 is 5.97 Å². The maximum absolute atomic E-state index is 12.7. The third-order valence-corrected chi connectivity index (χ3v) is 2.39. The van der Waals surface area contributed by atoms with Crippen molar-refractivity contribution in [2.24, 2.45) is 0 Å². The Morgan fingerprint density at radius 3 is 2.58 bits per heavy atom. The summed E-state index contributed by atoms with van der Waals surface area (Å²) in [6.45, 7) is 2.07. The first-order valence-corrected chi connectivity index (χ1v) is 5.85. The van der Waals surface area contributed by atoms with Gasteiger partial charge in [-0.2, -0.15) is 0 Å². The van der Waals surface area contributed by atoms with Gasteiger partial charge in [0.05, 0.1) is 12.2 Å². The highest BCUT2D eigenvalue weighted by atomic mass is 19.1. The Hall–Kier alpha value is -2.43. The molecule has 4 nitrogen and oxygen atoms in total. The van der Waals surface area contributed by atoms with Gasteiger partial charge in [-0.1, -0.05) is 0 Å². The van der Waals surface area contributed by atoms with Crippen molar-refractivity contribution in [3.05, 3.63) is 54.0 Å². The molecule has 2 rings (SSSR count). The van der Waals surface area contributed by atoms with Crippen LogP contribution in [0.1, 0.15) is 17.3 Å². The number of anilines is 2. The molecule has 98 valence electrons. The van der Waals surface area contributed by atoms with E-state index in [9.17, 15) is 9.18 Å². The van der Waals surface area contributed by atoms with E-state index in [1.54, 1.807) is 31.2 Å². The first-order chi connectivity index (χ1) is 9.19. The summed E-state index contributed by atoms with van der Waals surface area (Å²) in [6, 6.07) is 9.21. The van der Waals surface area contributed by atoms with Gasteiger partial charge in [0.1, 0.15) is 11.6 Å². The molecule has 0 saturated heterocycles. The van der Waals surface area contributed by atoms with Crippen LogP contribution in [0, 0.1) is 5.82 Å². The Morgan fingerprint density at radius 2 is 2.00 bits per heavy atom. The number of carbonyl (C=O) groups excluding carboxylic acids is 1. The number of benzene rings is 1. The Labute approximate surface area is 110 Å². The molecule has 0 bridgehead atoms. The van der Waals surface area contributed by atoms with Crippen molar-refractivity contribution >= 4 is 17.5 Å². The summed E-state index contributed by atoms with van der Waals surface area (Å²) in [5, 5.41) is 3.00. The van der Waals surface area contributed by atoms with Crippen molar-refractivity contribution in [1.82, 2.24) is 4.98 Å². The first kappa shape index (κ1) is 13.0. The number of nitrogens with one attached hydrogen (secondary N) is 1. The first-order valence-electron chi connectivity index (χ1n) is 5.85. The van der Waals surface area contributed by atoms with Gasteiger partial charge in [-0.05, 0) is 43.3 Å². The van der Waals surface area contributed by atoms with Gasteiger partial charge in [0.25, 0.3) is 0 Å². The summed E-state index contributed by atoms with van der Waals surface area (Å²) in [4.78, 5) is 15.5. The number of rotatable bonds is 4. The molecule has 0 fully saturated rings. The molecule has 0 amide bonds. The van der Waals surface area contributed by atoms with Crippen LogP contribution in [0.5, 0.6) is 0 Å². The van der Waals surface area contributed by atoms with Crippen molar-refractivity contribution in [2.75, 3.05) is 11.9 Å². The molecule has 1 aromatic carbocycles. The number of ether oxygens (including phenoxy) is 1. The van der Waals surface area contributed by atoms with Crippen molar-refractivity contribution in [3.8, 4) is 0 Å². The Balaban J connectivity index is 2.06. The number of hydrogen-bond donors (Lipinski definition) is 1. The van der Waals surface area contributed by atoms with E-state index < -0.39 is 5.97 Å². The Bertz CT molecular complexity index is 553. The minimum atomic E-state index is -0.400. The number of carbonyl (C=O) groups is 1. The third-order valence-electron chi connectivity index (χ3n) is 2.39. The van der Waals surface area contributed by atoms with Crippen molar-refractivity contribution in [3.63, 3.8) is 0 Å². The molecule has 1 heterocycles. The maximum Gasteiger partial charge on any atom is 0.339 e. The minimum Gasteiger partial charge on any atom is -0.462 e. The van der Waals surface area contributed by atoms with Gasteiger partial charge in [-0.25, -0.2) is 14.2 Å². The van der Waals surface area contributed by atoms with E-state index in [0.717, 1.165) is 5.69 Å². The largest absolute Gasteiger partial charge is 0.462 e. The SMILES string of the molecule is CCOC(=O)c1ccc(Nc2ccc(F)cc2)nc1. The molecule has 1 aromatic heterocycles. The minimum absolute atomic E-state index is 0.295. The van der Waals surface area contributed by atoms with Crippen LogP contribution in [0.3, 0.4) is 0 Å². The van der Waals surface area contributed by atoms with Crippen LogP contribution in [0.4, 0.5) is 15.9 Å². The second-order valence-electron chi connectivity index (χ2n) is 3.78. The van der Waals surface area contributed by atoms with Gasteiger partial charge in [-0.3, -0.25) is 0 Å². The van der Waals surface area contributed by atoms with Crippen LogP contribution in [0.2, 0.25) is 0 Å². The van der Waals surface area contributed by atoms with E-state index >= 15 is 0 Å². The lowest BCUT2D eigenvalue weighted by molar-refractivity contribution is 0.0526. The fraction of sp³-hybridized carbons (Fsp3) is 0.143. The second-order valence-corrected chi connectivity index (χ2v) is 3.78. The van der Waals surface area contributed by atoms with E-state index in [1.165, 1.54) is 18.3 Å². The molecule has 0 saturated carbocycles. The molecule has 0 spiro atoms. The molecule has 19 heavy (non-hydrogen) atoms. The van der Waals surface area contributed by atoms with E-state index in [2.05, 4.69) is 10.3 Å². The third kappa shape index (κ3) is 3.51. The fourth-order valence-electron chi connectivity index (χ4n) is 1.48. The fourth-order valence-corrected chi connectivity index (χ4v) is 1.48. The number of halogens is 1. The van der Waals surface area contributed by atoms with Crippen LogP contribution in [-0.4, -0.2) is 17.6 Å². The predicted molar refractivity (Wildman–Crippen MR) is 69.9 cm³/mol. The van der Waals surface area contributed by atoms with Gasteiger partial charge in [0.2, 0.25) is 0 Å². The summed E-state index contributed by atoms with van der Waals surface area (Å²) < 4.78 is 17.6. The molecule has 0 aliphatic heterocycles. The van der Waals surface area contributed by atoms with Crippen LogP contribution in [0.15, 0.2) is 42.6 Å². The lowest BCUT2D eigenvalue weighted by Gasteiger charge is -2.06. The molecule has 0 atom stereocenters. The Morgan fingerprint density at radius 1 is 1.26 bits per heavy atom. The van der Waals surface area contributed by atoms with E-state index in [4.69, 9.17) is 4.74 Å². The van der Waals surface area contributed by atoms with E-state index in [1.807, 2.05) is 0 Å². The normalized spacial score (nSPS) is 10.0. The zero-order valence-corrected chi connectivity index (χ0v) is 10.4. The molecule has 0 radical (unpaired) electrons. The van der Waals surface area contributed by atoms with Gasteiger partial charge in [-0.15, -0.1) is 0 Å². The van der Waals surface area contributed by atoms with Crippen LogP contribution < -0.4 is 5.32 Å². The summed E-state index contributed by atoms with van der Waals surface area (Å²) in [5.74, 6) is -0.126. The lowest BCUT2D eigenvalue weighted by Crippen LogP contribution is -2.05. The lowest BCUT2D eigenvalue weighted by atomic mass is 10.2. The Kier molecular flexibility index (Phi) is 4.07. The summed E-state index contributed by atoms with van der Waals surface area (Å²) in [6.07, 6.45) is 1.43. The van der Waals surface area contributed by atoms with Crippen LogP contribution >= 0.6 is 0 Å². The molecular formula is C14H13FN2O2. The van der Waals surface area contributed by atoms with Gasteiger partial charge < -0.3 is 10.1 Å². The molecular weight excluding hydrogens is 247 g/mol. The highest BCUT2D eigenvalue weighted by Crippen LogP contribution is 2.15. The van der Waals surface area contributed by atoms with Crippen molar-refractivity contribution in [2.45, 2.75) is 6.92 Å². The van der Waals surface area contributed by atoms with Crippen LogP contribution in [0.25, 0.3) is 0 Å². The van der Waals surface area contributed by atoms with E-state index in [0.29, 0.717) is 18.0 Å². The monoisotopic (exact) mass is 260 g/mol. The maximum atomic E-state index is 12.7. The topological polar surface area (TPSA) is 51.2 Å². The number of hydrogen-bond acceptors (Lipinski definition) is 4. The van der Waals surface area contributed by atoms with Gasteiger partial charge in [0.15, 0.2) is 0 Å². The number of aromatic nitrogens is 1.